The highest BCUT2D eigenvalue weighted by Gasteiger charge is 2.56. The molecule has 36 heavy (non-hydrogen) atoms. The Balaban J connectivity index is 1.21. The third kappa shape index (κ3) is 4.57. The van der Waals surface area contributed by atoms with Gasteiger partial charge in [-0.05, 0) is 92.5 Å². The van der Waals surface area contributed by atoms with Crippen molar-refractivity contribution in [3.63, 3.8) is 0 Å². The molecule has 5 atom stereocenters. The number of hydrogen-bond donors (Lipinski definition) is 2. The highest BCUT2D eigenvalue weighted by atomic mass is 32.2. The van der Waals surface area contributed by atoms with E-state index >= 15 is 0 Å². The molecule has 0 radical (unpaired) electrons. The van der Waals surface area contributed by atoms with Crippen LogP contribution in [-0.4, -0.2) is 32.9 Å². The van der Waals surface area contributed by atoms with Gasteiger partial charge in [-0.1, -0.05) is 36.8 Å². The average molecular weight is 511 g/mol. The summed E-state index contributed by atoms with van der Waals surface area (Å²) in [4.78, 5) is 25.0. The summed E-state index contributed by atoms with van der Waals surface area (Å²) in [5.74, 6) is 0.718. The second-order valence-corrected chi connectivity index (χ2v) is 12.5. The SMILES string of the molecule is Cc1ccc2c(c1)CCC1C2CC[C@@]2(C)C1CC[C@@H]2OC(=O)CNC(=O)c1cccc(S(N)(=O)=O)c1. The van der Waals surface area contributed by atoms with E-state index in [-0.39, 0.29) is 28.5 Å². The van der Waals surface area contributed by atoms with Gasteiger partial charge in [0.05, 0.1) is 4.90 Å². The maximum atomic E-state index is 12.7. The lowest BCUT2D eigenvalue weighted by Crippen LogP contribution is -2.46. The molecule has 2 aromatic carbocycles. The van der Waals surface area contributed by atoms with E-state index < -0.39 is 21.9 Å². The average Bonchev–Trinajstić information content (AvgIpc) is 3.17. The first-order valence-corrected chi connectivity index (χ1v) is 14.3. The number of esters is 1. The Morgan fingerprint density at radius 2 is 1.92 bits per heavy atom. The van der Waals surface area contributed by atoms with Crippen molar-refractivity contribution in [3.8, 4) is 0 Å². The fraction of sp³-hybridized carbons (Fsp3) is 0.500. The normalized spacial score (nSPS) is 29.0. The van der Waals surface area contributed by atoms with Gasteiger partial charge in [-0.3, -0.25) is 9.59 Å². The van der Waals surface area contributed by atoms with E-state index in [1.807, 2.05) is 0 Å². The van der Waals surface area contributed by atoms with Crippen LogP contribution in [0.3, 0.4) is 0 Å². The molecule has 2 aromatic rings. The Labute approximate surface area is 212 Å². The van der Waals surface area contributed by atoms with Gasteiger partial charge in [0.1, 0.15) is 12.6 Å². The number of primary sulfonamides is 1. The summed E-state index contributed by atoms with van der Waals surface area (Å²) < 4.78 is 29.0. The van der Waals surface area contributed by atoms with E-state index in [4.69, 9.17) is 9.88 Å². The molecule has 8 heteroatoms. The quantitative estimate of drug-likeness (QED) is 0.593. The first-order chi connectivity index (χ1) is 17.1. The molecule has 3 unspecified atom stereocenters. The van der Waals surface area contributed by atoms with Gasteiger partial charge in [0, 0.05) is 11.0 Å². The number of rotatable bonds is 5. The van der Waals surface area contributed by atoms with E-state index in [1.165, 1.54) is 47.4 Å². The van der Waals surface area contributed by atoms with Gasteiger partial charge in [-0.25, -0.2) is 13.6 Å². The summed E-state index contributed by atoms with van der Waals surface area (Å²) in [5, 5.41) is 7.69. The Bertz CT molecular complexity index is 1310. The monoisotopic (exact) mass is 510 g/mol. The molecule has 7 nitrogen and oxygen atoms in total. The van der Waals surface area contributed by atoms with Crippen molar-refractivity contribution >= 4 is 21.9 Å². The van der Waals surface area contributed by atoms with Crippen molar-refractivity contribution in [2.45, 2.75) is 69.3 Å². The molecule has 5 rings (SSSR count). The van der Waals surface area contributed by atoms with E-state index in [9.17, 15) is 18.0 Å². The van der Waals surface area contributed by atoms with Gasteiger partial charge < -0.3 is 10.1 Å². The molecule has 0 bridgehead atoms. The number of carbonyl (C=O) groups is 2. The smallest absolute Gasteiger partial charge is 0.325 e. The highest BCUT2D eigenvalue weighted by molar-refractivity contribution is 7.89. The van der Waals surface area contributed by atoms with Gasteiger partial charge in [-0.2, -0.15) is 0 Å². The minimum Gasteiger partial charge on any atom is -0.460 e. The van der Waals surface area contributed by atoms with Crippen molar-refractivity contribution in [1.29, 1.82) is 0 Å². The fourth-order valence-corrected chi connectivity index (χ4v) is 7.69. The molecule has 192 valence electrons. The van der Waals surface area contributed by atoms with Crippen LogP contribution in [0.1, 0.15) is 72.0 Å². The van der Waals surface area contributed by atoms with E-state index in [0.29, 0.717) is 17.8 Å². The largest absolute Gasteiger partial charge is 0.460 e. The number of nitrogens with one attached hydrogen (secondary N) is 1. The van der Waals surface area contributed by atoms with Crippen LogP contribution in [0.4, 0.5) is 0 Å². The van der Waals surface area contributed by atoms with Crippen molar-refractivity contribution in [2.75, 3.05) is 6.54 Å². The molecule has 0 saturated heterocycles. The summed E-state index contributed by atoms with van der Waals surface area (Å²) in [6.07, 6.45) is 6.20. The molecule has 0 spiro atoms. The first kappa shape index (κ1) is 25.0. The molecule has 2 saturated carbocycles. The molecule has 2 fully saturated rings. The lowest BCUT2D eigenvalue weighted by atomic mass is 9.55. The number of nitrogens with two attached hydrogens (primary N) is 1. The molecule has 0 aromatic heterocycles. The number of benzene rings is 2. The van der Waals surface area contributed by atoms with Crippen molar-refractivity contribution in [2.24, 2.45) is 22.4 Å². The van der Waals surface area contributed by atoms with Crippen molar-refractivity contribution < 1.29 is 22.7 Å². The lowest BCUT2D eigenvalue weighted by molar-refractivity contribution is -0.156. The maximum absolute atomic E-state index is 12.7. The van der Waals surface area contributed by atoms with Gasteiger partial charge in [0.15, 0.2) is 0 Å². The Morgan fingerprint density at radius 3 is 2.69 bits per heavy atom. The zero-order valence-corrected chi connectivity index (χ0v) is 21.6. The summed E-state index contributed by atoms with van der Waals surface area (Å²) >= 11 is 0. The third-order valence-corrected chi connectivity index (χ3v) is 9.80. The first-order valence-electron chi connectivity index (χ1n) is 12.8. The molecule has 3 aliphatic rings. The fourth-order valence-electron chi connectivity index (χ4n) is 7.13. The number of fused-ring (bicyclic) bond motifs is 5. The van der Waals surface area contributed by atoms with Crippen molar-refractivity contribution in [1.82, 2.24) is 5.32 Å². The second kappa shape index (κ2) is 9.30. The number of ether oxygens (including phenoxy) is 1. The number of amides is 1. The molecule has 3 aliphatic carbocycles. The predicted octanol–water partition coefficient (Wildman–Crippen LogP) is 3.84. The number of carbonyl (C=O) groups excluding carboxylic acids is 2. The van der Waals surface area contributed by atoms with Crippen LogP contribution in [0.2, 0.25) is 0 Å². The van der Waals surface area contributed by atoms with Crippen LogP contribution < -0.4 is 10.5 Å². The molecular formula is C28H34N2O5S. The standard InChI is InChI=1S/C28H34N2O5S/c1-17-6-8-21-18(14-17)7-9-23-22(21)12-13-28(2)24(23)10-11-25(28)35-26(31)16-30-27(32)19-4-3-5-20(15-19)36(29,33)34/h3-6,8,14-15,22-25H,7,9-13,16H2,1-2H3,(H,30,32)(H2,29,33,34)/t22?,23?,24?,25-,28-/m0/s1. The maximum Gasteiger partial charge on any atom is 0.325 e. The van der Waals surface area contributed by atoms with Gasteiger partial charge in [0.25, 0.3) is 5.91 Å². The Morgan fingerprint density at radius 1 is 1.11 bits per heavy atom. The van der Waals surface area contributed by atoms with Crippen LogP contribution in [-0.2, 0) is 26.0 Å². The summed E-state index contributed by atoms with van der Waals surface area (Å²) in [6, 6.07) is 12.3. The van der Waals surface area contributed by atoms with E-state index in [2.05, 4.69) is 37.4 Å². The molecule has 1 amide bonds. The van der Waals surface area contributed by atoms with Gasteiger partial charge in [0.2, 0.25) is 10.0 Å². The molecule has 0 heterocycles. The van der Waals surface area contributed by atoms with Gasteiger partial charge >= 0.3 is 5.97 Å². The lowest BCUT2D eigenvalue weighted by Gasteiger charge is -2.50. The minimum absolute atomic E-state index is 0.0488. The van der Waals surface area contributed by atoms with Crippen LogP contribution in [0.25, 0.3) is 0 Å². The summed E-state index contributed by atoms with van der Waals surface area (Å²) in [7, 11) is -3.92. The number of sulfonamides is 1. The van der Waals surface area contributed by atoms with E-state index in [1.54, 1.807) is 0 Å². The molecular weight excluding hydrogens is 476 g/mol. The van der Waals surface area contributed by atoms with E-state index in [0.717, 1.165) is 32.1 Å². The zero-order valence-electron chi connectivity index (χ0n) is 20.8. The number of aryl methyl sites for hydroxylation is 2. The Kier molecular flexibility index (Phi) is 6.45. The van der Waals surface area contributed by atoms with Crippen LogP contribution >= 0.6 is 0 Å². The predicted molar refractivity (Wildman–Crippen MR) is 136 cm³/mol. The molecule has 0 aliphatic heterocycles. The summed E-state index contributed by atoms with van der Waals surface area (Å²) in [6.45, 7) is 4.17. The zero-order chi connectivity index (χ0) is 25.7. The minimum atomic E-state index is -3.92. The van der Waals surface area contributed by atoms with Crippen LogP contribution in [0.15, 0.2) is 47.4 Å². The Hall–Kier alpha value is -2.71. The third-order valence-electron chi connectivity index (χ3n) is 8.89. The second-order valence-electron chi connectivity index (χ2n) is 11.0. The van der Waals surface area contributed by atoms with Crippen LogP contribution in [0.5, 0.6) is 0 Å². The van der Waals surface area contributed by atoms with Gasteiger partial charge in [-0.15, -0.1) is 0 Å². The summed E-state index contributed by atoms with van der Waals surface area (Å²) in [5.41, 5.74) is 4.42. The highest BCUT2D eigenvalue weighted by Crippen LogP contribution is 2.61. The molecule has 3 N–H and O–H groups in total. The topological polar surface area (TPSA) is 116 Å². The van der Waals surface area contributed by atoms with Crippen LogP contribution in [0, 0.1) is 24.2 Å². The number of hydrogen-bond acceptors (Lipinski definition) is 5. The van der Waals surface area contributed by atoms with Crippen molar-refractivity contribution in [3.05, 3.63) is 64.7 Å².